The van der Waals surface area contributed by atoms with Gasteiger partial charge in [-0.05, 0) is 37.3 Å². The fourth-order valence-electron chi connectivity index (χ4n) is 2.24. The van der Waals surface area contributed by atoms with Gasteiger partial charge in [0.2, 0.25) is 0 Å². The molecule has 0 spiro atoms. The fourth-order valence-corrected chi connectivity index (χ4v) is 2.96. The highest BCUT2D eigenvalue weighted by atomic mass is 35.5. The summed E-state index contributed by atoms with van der Waals surface area (Å²) in [5, 5.41) is 1.67. The van der Waals surface area contributed by atoms with Crippen LogP contribution in [0.5, 0.6) is 0 Å². The summed E-state index contributed by atoms with van der Waals surface area (Å²) in [6, 6.07) is 10.2. The number of halogens is 3. The molecule has 0 N–H and O–H groups in total. The van der Waals surface area contributed by atoms with Gasteiger partial charge in [-0.1, -0.05) is 40.9 Å². The van der Waals surface area contributed by atoms with Crippen LogP contribution in [0.15, 0.2) is 41.2 Å². The van der Waals surface area contributed by atoms with Crippen molar-refractivity contribution in [3.05, 3.63) is 67.6 Å². The minimum absolute atomic E-state index is 0.232. The van der Waals surface area contributed by atoms with E-state index in [0.717, 1.165) is 0 Å². The van der Waals surface area contributed by atoms with E-state index in [-0.39, 0.29) is 5.56 Å². The van der Waals surface area contributed by atoms with Crippen molar-refractivity contribution in [2.75, 3.05) is 0 Å². The summed E-state index contributed by atoms with van der Waals surface area (Å²) in [6.45, 7) is 1.74. The topological polar surface area (TPSA) is 34.9 Å². The van der Waals surface area contributed by atoms with Gasteiger partial charge in [0.05, 0.1) is 21.6 Å². The highest BCUT2D eigenvalue weighted by Crippen LogP contribution is 2.25. The molecular weight excluding hydrogens is 331 g/mol. The molecule has 1 heterocycles. The van der Waals surface area contributed by atoms with Crippen LogP contribution in [0.4, 0.5) is 0 Å². The van der Waals surface area contributed by atoms with E-state index in [0.29, 0.717) is 37.5 Å². The second kappa shape index (κ2) is 5.34. The average Bonchev–Trinajstić information content (AvgIpc) is 2.40. The Morgan fingerprint density at radius 2 is 1.81 bits per heavy atom. The van der Waals surface area contributed by atoms with Gasteiger partial charge in [-0.2, -0.15) is 0 Å². The van der Waals surface area contributed by atoms with E-state index in [1.165, 1.54) is 4.57 Å². The molecule has 0 amide bonds. The van der Waals surface area contributed by atoms with Crippen molar-refractivity contribution >= 4 is 45.7 Å². The summed E-state index contributed by atoms with van der Waals surface area (Å²) in [6.07, 6.45) is 0. The molecule has 0 fully saturated rings. The maximum atomic E-state index is 12.7. The molecule has 0 saturated carbocycles. The van der Waals surface area contributed by atoms with E-state index in [1.807, 2.05) is 0 Å². The minimum atomic E-state index is -0.232. The minimum Gasteiger partial charge on any atom is -0.268 e. The first kappa shape index (κ1) is 14.4. The van der Waals surface area contributed by atoms with Gasteiger partial charge in [0, 0.05) is 10.0 Å². The Hall–Kier alpha value is -1.55. The predicted octanol–water partition coefficient (Wildman–Crippen LogP) is 4.65. The van der Waals surface area contributed by atoms with Crippen LogP contribution in [-0.2, 0) is 0 Å². The molecule has 0 radical (unpaired) electrons. The number of hydrogen-bond acceptors (Lipinski definition) is 2. The molecular formula is C15H9Cl3N2O. The molecule has 0 aliphatic rings. The van der Waals surface area contributed by atoms with Gasteiger partial charge in [-0.25, -0.2) is 4.98 Å². The van der Waals surface area contributed by atoms with Gasteiger partial charge < -0.3 is 0 Å². The third kappa shape index (κ3) is 2.53. The first-order chi connectivity index (χ1) is 9.97. The predicted molar refractivity (Wildman–Crippen MR) is 87.1 cm³/mol. The molecule has 0 aliphatic carbocycles. The Morgan fingerprint density at radius 3 is 2.52 bits per heavy atom. The summed E-state index contributed by atoms with van der Waals surface area (Å²) in [4.78, 5) is 17.1. The molecule has 3 nitrogen and oxygen atoms in total. The zero-order chi connectivity index (χ0) is 15.1. The van der Waals surface area contributed by atoms with E-state index in [4.69, 9.17) is 34.8 Å². The highest BCUT2D eigenvalue weighted by molar-refractivity contribution is 6.38. The zero-order valence-corrected chi connectivity index (χ0v) is 13.2. The normalized spacial score (nSPS) is 11.0. The summed E-state index contributed by atoms with van der Waals surface area (Å²) in [7, 11) is 0. The molecule has 21 heavy (non-hydrogen) atoms. The molecule has 6 heteroatoms. The van der Waals surface area contributed by atoms with Crippen LogP contribution in [0.2, 0.25) is 15.1 Å². The van der Waals surface area contributed by atoms with E-state index in [9.17, 15) is 4.79 Å². The monoisotopic (exact) mass is 338 g/mol. The quantitative estimate of drug-likeness (QED) is 0.646. The number of aryl methyl sites for hydroxylation is 1. The van der Waals surface area contributed by atoms with E-state index < -0.39 is 0 Å². The van der Waals surface area contributed by atoms with Crippen LogP contribution < -0.4 is 5.56 Å². The first-order valence-electron chi connectivity index (χ1n) is 6.12. The smallest absolute Gasteiger partial charge is 0.266 e. The van der Waals surface area contributed by atoms with Gasteiger partial charge >= 0.3 is 0 Å². The Labute approximate surface area is 135 Å². The number of rotatable bonds is 1. The Morgan fingerprint density at radius 1 is 1.05 bits per heavy atom. The third-order valence-corrected chi connectivity index (χ3v) is 3.87. The SMILES string of the molecule is Cc1nc2c(Cl)cc(Cl)cc2c(=O)n1-c1cccc(Cl)c1. The Kier molecular flexibility index (Phi) is 3.66. The number of benzene rings is 2. The fraction of sp³-hybridized carbons (Fsp3) is 0.0667. The van der Waals surface area contributed by atoms with E-state index >= 15 is 0 Å². The summed E-state index contributed by atoms with van der Waals surface area (Å²) in [5.74, 6) is 0.527. The van der Waals surface area contributed by atoms with Crippen molar-refractivity contribution < 1.29 is 0 Å². The number of aromatic nitrogens is 2. The molecule has 1 aromatic heterocycles. The van der Waals surface area contributed by atoms with Gasteiger partial charge in [0.15, 0.2) is 0 Å². The summed E-state index contributed by atoms with van der Waals surface area (Å²) in [5.41, 5.74) is 0.863. The van der Waals surface area contributed by atoms with Crippen LogP contribution in [0.1, 0.15) is 5.82 Å². The molecule has 0 unspecified atom stereocenters. The van der Waals surface area contributed by atoms with Crippen molar-refractivity contribution in [1.29, 1.82) is 0 Å². The number of nitrogens with zero attached hydrogens (tertiary/aromatic N) is 2. The van der Waals surface area contributed by atoms with Crippen molar-refractivity contribution in [2.45, 2.75) is 6.92 Å². The van der Waals surface area contributed by atoms with Gasteiger partial charge in [0.25, 0.3) is 5.56 Å². The van der Waals surface area contributed by atoms with Crippen molar-refractivity contribution in [3.63, 3.8) is 0 Å². The van der Waals surface area contributed by atoms with Crippen LogP contribution >= 0.6 is 34.8 Å². The molecule has 0 saturated heterocycles. The van der Waals surface area contributed by atoms with Crippen LogP contribution in [0.25, 0.3) is 16.6 Å². The molecule has 0 atom stereocenters. The van der Waals surface area contributed by atoms with Crippen molar-refractivity contribution in [1.82, 2.24) is 9.55 Å². The molecule has 3 aromatic rings. The maximum absolute atomic E-state index is 12.7. The van der Waals surface area contributed by atoms with Crippen LogP contribution in [-0.4, -0.2) is 9.55 Å². The van der Waals surface area contributed by atoms with E-state index in [1.54, 1.807) is 43.3 Å². The second-order valence-electron chi connectivity index (χ2n) is 4.56. The van der Waals surface area contributed by atoms with Gasteiger partial charge in [-0.15, -0.1) is 0 Å². The van der Waals surface area contributed by atoms with Crippen molar-refractivity contribution in [3.8, 4) is 5.69 Å². The van der Waals surface area contributed by atoms with Crippen molar-refractivity contribution in [2.24, 2.45) is 0 Å². The van der Waals surface area contributed by atoms with Gasteiger partial charge in [-0.3, -0.25) is 9.36 Å². The lowest BCUT2D eigenvalue weighted by atomic mass is 10.2. The molecule has 0 aliphatic heterocycles. The number of fused-ring (bicyclic) bond motifs is 1. The first-order valence-corrected chi connectivity index (χ1v) is 7.25. The maximum Gasteiger partial charge on any atom is 0.266 e. The van der Waals surface area contributed by atoms with Crippen LogP contribution in [0, 0.1) is 6.92 Å². The van der Waals surface area contributed by atoms with Gasteiger partial charge in [0.1, 0.15) is 5.82 Å². The molecule has 3 rings (SSSR count). The highest BCUT2D eigenvalue weighted by Gasteiger charge is 2.13. The lowest BCUT2D eigenvalue weighted by molar-refractivity contribution is 0.895. The summed E-state index contributed by atoms with van der Waals surface area (Å²) < 4.78 is 1.49. The average molecular weight is 340 g/mol. The third-order valence-electron chi connectivity index (χ3n) is 3.13. The lowest BCUT2D eigenvalue weighted by Crippen LogP contribution is -2.22. The Balaban J connectivity index is 2.42. The molecule has 106 valence electrons. The molecule has 0 bridgehead atoms. The number of hydrogen-bond donors (Lipinski definition) is 0. The largest absolute Gasteiger partial charge is 0.268 e. The lowest BCUT2D eigenvalue weighted by Gasteiger charge is -2.12. The van der Waals surface area contributed by atoms with E-state index in [2.05, 4.69) is 4.98 Å². The standard InChI is InChI=1S/C15H9Cl3N2O/c1-8-19-14-12(6-10(17)7-13(14)18)15(21)20(8)11-4-2-3-9(16)5-11/h2-7H,1H3. The zero-order valence-electron chi connectivity index (χ0n) is 10.9. The summed E-state index contributed by atoms with van der Waals surface area (Å²) >= 11 is 18.1. The Bertz CT molecular complexity index is 919. The molecule has 2 aromatic carbocycles. The second-order valence-corrected chi connectivity index (χ2v) is 5.84. The van der Waals surface area contributed by atoms with Crippen LogP contribution in [0.3, 0.4) is 0 Å².